The summed E-state index contributed by atoms with van der Waals surface area (Å²) in [5, 5.41) is 13.2. The average Bonchev–Trinajstić information content (AvgIpc) is 3.20. The van der Waals surface area contributed by atoms with E-state index in [1.807, 2.05) is 5.38 Å². The molecule has 3 rings (SSSR count). The molecule has 0 amide bonds. The molecule has 0 spiro atoms. The summed E-state index contributed by atoms with van der Waals surface area (Å²) < 4.78 is 16.1. The number of rotatable bonds is 6. The lowest BCUT2D eigenvalue weighted by Gasteiger charge is -2.13. The molecule has 29 heavy (non-hydrogen) atoms. The molecule has 8 heteroatoms. The number of thiazole rings is 1. The van der Waals surface area contributed by atoms with Crippen LogP contribution in [0.2, 0.25) is 10.0 Å². The molecule has 2 aromatic carbocycles. The van der Waals surface area contributed by atoms with Crippen molar-refractivity contribution in [3.8, 4) is 34.6 Å². The number of allylic oxidation sites excluding steroid dienone is 1. The van der Waals surface area contributed by atoms with Crippen molar-refractivity contribution in [3.05, 3.63) is 56.3 Å². The van der Waals surface area contributed by atoms with E-state index in [1.165, 1.54) is 18.4 Å². The highest BCUT2D eigenvalue weighted by Gasteiger charge is 2.15. The Kier molecular flexibility index (Phi) is 6.65. The first kappa shape index (κ1) is 21.0. The van der Waals surface area contributed by atoms with Gasteiger partial charge in [-0.25, -0.2) is 4.98 Å². The molecule has 5 nitrogen and oxygen atoms in total. The molecule has 0 aliphatic carbocycles. The summed E-state index contributed by atoms with van der Waals surface area (Å²) in [5.74, 6) is 1.49. The van der Waals surface area contributed by atoms with Gasteiger partial charge in [-0.1, -0.05) is 23.2 Å². The maximum atomic E-state index is 9.68. The number of methoxy groups -OCH3 is 3. The molecule has 1 heterocycles. The number of benzene rings is 2. The Balaban J connectivity index is 2.02. The number of halogens is 2. The maximum Gasteiger partial charge on any atom is 0.203 e. The third-order valence-corrected chi connectivity index (χ3v) is 5.48. The van der Waals surface area contributed by atoms with Crippen molar-refractivity contribution < 1.29 is 14.2 Å². The molecule has 3 aromatic rings. The lowest BCUT2D eigenvalue weighted by atomic mass is 10.1. The average molecular weight is 447 g/mol. The van der Waals surface area contributed by atoms with Crippen LogP contribution in [-0.4, -0.2) is 26.3 Å². The Hall–Kier alpha value is -2.72. The van der Waals surface area contributed by atoms with Gasteiger partial charge in [0, 0.05) is 16.0 Å². The third kappa shape index (κ3) is 4.48. The van der Waals surface area contributed by atoms with Gasteiger partial charge in [-0.05, 0) is 42.0 Å². The Morgan fingerprint density at radius 3 is 2.31 bits per heavy atom. The second-order valence-corrected chi connectivity index (χ2v) is 7.49. The standard InChI is InChI=1S/C21H16Cl2N2O3S/c1-26-18-7-12(8-19(27-2)20(18)28-3)6-13(10-24)21-25-17(11-29-21)15-5-4-14(22)9-16(15)23/h4-9,11H,1-3H3/b13-6-. The summed E-state index contributed by atoms with van der Waals surface area (Å²) in [6.45, 7) is 0. The van der Waals surface area contributed by atoms with E-state index in [9.17, 15) is 5.26 Å². The van der Waals surface area contributed by atoms with E-state index in [1.54, 1.807) is 50.6 Å². The number of hydrogen-bond acceptors (Lipinski definition) is 6. The SMILES string of the molecule is COc1cc(/C=C(/C#N)c2nc(-c3ccc(Cl)cc3Cl)cs2)cc(OC)c1OC. The molecule has 0 saturated heterocycles. The van der Waals surface area contributed by atoms with Gasteiger partial charge >= 0.3 is 0 Å². The maximum absolute atomic E-state index is 9.68. The van der Waals surface area contributed by atoms with Crippen LogP contribution in [0.15, 0.2) is 35.7 Å². The number of nitriles is 1. The Bertz CT molecular complexity index is 1090. The Labute approximate surface area is 182 Å². The van der Waals surface area contributed by atoms with E-state index in [4.69, 9.17) is 37.4 Å². The largest absolute Gasteiger partial charge is 0.493 e. The lowest BCUT2D eigenvalue weighted by molar-refractivity contribution is 0.324. The van der Waals surface area contributed by atoms with Crippen LogP contribution in [0.3, 0.4) is 0 Å². The van der Waals surface area contributed by atoms with Gasteiger partial charge in [-0.3, -0.25) is 0 Å². The number of nitrogens with zero attached hydrogens (tertiary/aromatic N) is 2. The van der Waals surface area contributed by atoms with Crippen molar-refractivity contribution in [1.29, 1.82) is 5.26 Å². The summed E-state index contributed by atoms with van der Waals surface area (Å²) in [6, 6.07) is 10.9. The second-order valence-electron chi connectivity index (χ2n) is 5.79. The molecule has 0 atom stereocenters. The molecule has 0 bridgehead atoms. The van der Waals surface area contributed by atoms with Crippen LogP contribution in [-0.2, 0) is 0 Å². The minimum Gasteiger partial charge on any atom is -0.493 e. The van der Waals surface area contributed by atoms with Crippen LogP contribution in [0.5, 0.6) is 17.2 Å². The van der Waals surface area contributed by atoms with Crippen molar-refractivity contribution in [2.75, 3.05) is 21.3 Å². The summed E-state index contributed by atoms with van der Waals surface area (Å²) in [5.41, 5.74) is 2.55. The highest BCUT2D eigenvalue weighted by molar-refractivity contribution is 7.11. The van der Waals surface area contributed by atoms with Gasteiger partial charge in [0.05, 0.1) is 37.6 Å². The van der Waals surface area contributed by atoms with E-state index in [0.717, 1.165) is 11.1 Å². The van der Waals surface area contributed by atoms with Gasteiger partial charge in [0.2, 0.25) is 5.75 Å². The highest BCUT2D eigenvalue weighted by atomic mass is 35.5. The molecule has 0 unspecified atom stereocenters. The fraction of sp³-hybridized carbons (Fsp3) is 0.143. The molecular weight excluding hydrogens is 431 g/mol. The number of aromatic nitrogens is 1. The molecule has 0 fully saturated rings. The molecular formula is C21H16Cl2N2O3S. The van der Waals surface area contributed by atoms with Crippen molar-refractivity contribution in [1.82, 2.24) is 4.98 Å². The van der Waals surface area contributed by atoms with Crippen LogP contribution in [0.1, 0.15) is 10.6 Å². The summed E-state index contributed by atoms with van der Waals surface area (Å²) in [7, 11) is 4.62. The first-order chi connectivity index (χ1) is 14.0. The molecule has 148 valence electrons. The van der Waals surface area contributed by atoms with Crippen LogP contribution >= 0.6 is 34.5 Å². The zero-order valence-corrected chi connectivity index (χ0v) is 18.2. The van der Waals surface area contributed by atoms with E-state index in [0.29, 0.717) is 43.6 Å². The Morgan fingerprint density at radius 1 is 1.07 bits per heavy atom. The van der Waals surface area contributed by atoms with Gasteiger partial charge in [0.25, 0.3) is 0 Å². The summed E-state index contributed by atoms with van der Waals surface area (Å²) >= 11 is 13.6. The van der Waals surface area contributed by atoms with Gasteiger partial charge in [-0.2, -0.15) is 5.26 Å². The molecule has 1 aromatic heterocycles. The normalized spacial score (nSPS) is 11.1. The van der Waals surface area contributed by atoms with Crippen molar-refractivity contribution >= 4 is 46.2 Å². The second kappa shape index (κ2) is 9.19. The van der Waals surface area contributed by atoms with Crippen LogP contribution in [0, 0.1) is 11.3 Å². The van der Waals surface area contributed by atoms with Crippen molar-refractivity contribution in [3.63, 3.8) is 0 Å². The van der Waals surface area contributed by atoms with E-state index in [-0.39, 0.29) is 0 Å². The van der Waals surface area contributed by atoms with Crippen LogP contribution in [0.4, 0.5) is 0 Å². The van der Waals surface area contributed by atoms with Gasteiger partial charge in [-0.15, -0.1) is 11.3 Å². The summed E-state index contributed by atoms with van der Waals surface area (Å²) in [6.07, 6.45) is 1.72. The van der Waals surface area contributed by atoms with E-state index < -0.39 is 0 Å². The van der Waals surface area contributed by atoms with Gasteiger partial charge in [0.15, 0.2) is 11.5 Å². The number of ether oxygens (including phenoxy) is 3. The van der Waals surface area contributed by atoms with Crippen molar-refractivity contribution in [2.24, 2.45) is 0 Å². The number of hydrogen-bond donors (Lipinski definition) is 0. The fourth-order valence-electron chi connectivity index (χ4n) is 2.71. The third-order valence-electron chi connectivity index (χ3n) is 4.06. The first-order valence-corrected chi connectivity index (χ1v) is 9.97. The fourth-order valence-corrected chi connectivity index (χ4v) is 4.00. The van der Waals surface area contributed by atoms with E-state index in [2.05, 4.69) is 11.1 Å². The molecule has 0 aliphatic heterocycles. The van der Waals surface area contributed by atoms with Crippen LogP contribution in [0.25, 0.3) is 22.9 Å². The quantitative estimate of drug-likeness (QED) is 0.421. The molecule has 0 N–H and O–H groups in total. The lowest BCUT2D eigenvalue weighted by Crippen LogP contribution is -1.95. The summed E-state index contributed by atoms with van der Waals surface area (Å²) in [4.78, 5) is 4.57. The monoisotopic (exact) mass is 446 g/mol. The predicted molar refractivity (Wildman–Crippen MR) is 117 cm³/mol. The van der Waals surface area contributed by atoms with Gasteiger partial charge in [0.1, 0.15) is 11.1 Å². The first-order valence-electron chi connectivity index (χ1n) is 8.33. The van der Waals surface area contributed by atoms with Crippen LogP contribution < -0.4 is 14.2 Å². The zero-order valence-electron chi connectivity index (χ0n) is 15.8. The predicted octanol–water partition coefficient (Wildman–Crippen LogP) is 6.21. The molecule has 0 saturated carbocycles. The Morgan fingerprint density at radius 2 is 1.76 bits per heavy atom. The minimum atomic E-state index is 0.403. The smallest absolute Gasteiger partial charge is 0.203 e. The zero-order chi connectivity index (χ0) is 21.0. The van der Waals surface area contributed by atoms with E-state index >= 15 is 0 Å². The van der Waals surface area contributed by atoms with Crippen molar-refractivity contribution in [2.45, 2.75) is 0 Å². The highest BCUT2D eigenvalue weighted by Crippen LogP contribution is 2.39. The minimum absolute atomic E-state index is 0.403. The molecule has 0 radical (unpaired) electrons. The molecule has 0 aliphatic rings. The van der Waals surface area contributed by atoms with Gasteiger partial charge < -0.3 is 14.2 Å². The topological polar surface area (TPSA) is 64.4 Å².